The normalized spacial score (nSPS) is 17.8. The molecule has 0 spiro atoms. The molecular weight excluding hydrogens is 318 g/mol. The van der Waals surface area contributed by atoms with Crippen LogP contribution < -0.4 is 4.84 Å². The number of carbonyl (C=O) groups excluding carboxylic acids is 2. The molecular formula is C19H25N3O3. The Morgan fingerprint density at radius 3 is 2.56 bits per heavy atom. The van der Waals surface area contributed by atoms with Gasteiger partial charge in [0.25, 0.3) is 0 Å². The van der Waals surface area contributed by atoms with Crippen LogP contribution >= 0.6 is 0 Å². The van der Waals surface area contributed by atoms with Gasteiger partial charge in [-0.2, -0.15) is 0 Å². The van der Waals surface area contributed by atoms with E-state index in [2.05, 4.69) is 24.2 Å². The quantitative estimate of drug-likeness (QED) is 0.753. The molecule has 0 radical (unpaired) electrons. The third-order valence-corrected chi connectivity index (χ3v) is 5.35. The second-order valence-electron chi connectivity index (χ2n) is 7.46. The SMILES string of the molecule is CC(=O)C1([C@@H](CC(C)C)C(=O)On2nnc3ccccc32)CCCC1. The molecule has 1 heterocycles. The summed E-state index contributed by atoms with van der Waals surface area (Å²) in [6.45, 7) is 5.73. The predicted octanol–water partition coefficient (Wildman–Crippen LogP) is 3.20. The average Bonchev–Trinajstić information content (AvgIpc) is 3.21. The van der Waals surface area contributed by atoms with Crippen molar-refractivity contribution in [3.63, 3.8) is 0 Å². The topological polar surface area (TPSA) is 74.1 Å². The Bertz CT molecular complexity index is 775. The number of rotatable bonds is 6. The minimum atomic E-state index is -0.599. The first kappa shape index (κ1) is 17.6. The first-order chi connectivity index (χ1) is 11.9. The monoisotopic (exact) mass is 343 g/mol. The van der Waals surface area contributed by atoms with Crippen LogP contribution in [0, 0.1) is 17.3 Å². The van der Waals surface area contributed by atoms with Gasteiger partial charge in [0.05, 0.1) is 5.92 Å². The summed E-state index contributed by atoms with van der Waals surface area (Å²) in [7, 11) is 0. The number of Topliss-reactive ketones (excluding diaryl/α,β-unsaturated/α-hetero) is 1. The molecule has 6 heteroatoms. The van der Waals surface area contributed by atoms with E-state index >= 15 is 0 Å². The fraction of sp³-hybridized carbons (Fsp3) is 0.579. The van der Waals surface area contributed by atoms with Crippen LogP contribution in [0.15, 0.2) is 24.3 Å². The van der Waals surface area contributed by atoms with Gasteiger partial charge in [0.2, 0.25) is 0 Å². The molecule has 0 amide bonds. The molecule has 0 aliphatic heterocycles. The molecule has 6 nitrogen and oxygen atoms in total. The van der Waals surface area contributed by atoms with E-state index in [0.29, 0.717) is 23.4 Å². The second-order valence-corrected chi connectivity index (χ2v) is 7.46. The molecule has 25 heavy (non-hydrogen) atoms. The molecule has 1 fully saturated rings. The van der Waals surface area contributed by atoms with E-state index in [1.807, 2.05) is 18.2 Å². The summed E-state index contributed by atoms with van der Waals surface area (Å²) in [5.74, 6) is -0.449. The maximum atomic E-state index is 13.0. The Morgan fingerprint density at radius 2 is 1.92 bits per heavy atom. The molecule has 0 saturated heterocycles. The van der Waals surface area contributed by atoms with Crippen LogP contribution in [0.4, 0.5) is 0 Å². The molecule has 1 aromatic heterocycles. The van der Waals surface area contributed by atoms with Gasteiger partial charge in [0, 0.05) is 5.41 Å². The highest BCUT2D eigenvalue weighted by atomic mass is 16.7. The summed E-state index contributed by atoms with van der Waals surface area (Å²) in [6, 6.07) is 7.31. The van der Waals surface area contributed by atoms with Gasteiger partial charge >= 0.3 is 5.97 Å². The lowest BCUT2D eigenvalue weighted by Gasteiger charge is -2.34. The van der Waals surface area contributed by atoms with Crippen LogP contribution in [-0.4, -0.2) is 26.9 Å². The molecule has 1 aliphatic rings. The lowest BCUT2D eigenvalue weighted by atomic mass is 9.68. The number of fused-ring (bicyclic) bond motifs is 1. The summed E-state index contributed by atoms with van der Waals surface area (Å²) in [5, 5.41) is 7.94. The average molecular weight is 343 g/mol. The fourth-order valence-corrected chi connectivity index (χ4v) is 4.03. The fourth-order valence-electron chi connectivity index (χ4n) is 4.03. The minimum absolute atomic E-state index is 0.0936. The van der Waals surface area contributed by atoms with Gasteiger partial charge in [-0.1, -0.05) is 43.7 Å². The molecule has 2 aromatic rings. The summed E-state index contributed by atoms with van der Waals surface area (Å²) in [4.78, 5) is 32.2. The highest BCUT2D eigenvalue weighted by Crippen LogP contribution is 2.47. The molecule has 1 saturated carbocycles. The lowest BCUT2D eigenvalue weighted by molar-refractivity contribution is -0.159. The minimum Gasteiger partial charge on any atom is -0.317 e. The van der Waals surface area contributed by atoms with E-state index in [1.54, 1.807) is 13.0 Å². The van der Waals surface area contributed by atoms with E-state index in [9.17, 15) is 9.59 Å². The van der Waals surface area contributed by atoms with Crippen LogP contribution in [-0.2, 0) is 9.59 Å². The second kappa shape index (κ2) is 6.94. The summed E-state index contributed by atoms with van der Waals surface area (Å²) >= 11 is 0. The van der Waals surface area contributed by atoms with Gasteiger partial charge in [-0.25, -0.2) is 4.79 Å². The first-order valence-corrected chi connectivity index (χ1v) is 8.98. The van der Waals surface area contributed by atoms with Gasteiger partial charge in [0.15, 0.2) is 0 Å². The molecule has 0 unspecified atom stereocenters. The highest BCUT2D eigenvalue weighted by molar-refractivity contribution is 5.89. The maximum Gasteiger partial charge on any atom is 0.339 e. The van der Waals surface area contributed by atoms with E-state index < -0.39 is 11.3 Å². The number of para-hydroxylation sites is 1. The Kier molecular flexibility index (Phi) is 4.88. The van der Waals surface area contributed by atoms with Crippen molar-refractivity contribution < 1.29 is 14.4 Å². The highest BCUT2D eigenvalue weighted by Gasteiger charge is 2.49. The summed E-state index contributed by atoms with van der Waals surface area (Å²) in [6.07, 6.45) is 4.10. The molecule has 1 aromatic carbocycles. The number of nitrogens with zero attached hydrogens (tertiary/aromatic N) is 3. The largest absolute Gasteiger partial charge is 0.339 e. The first-order valence-electron chi connectivity index (χ1n) is 8.98. The molecule has 134 valence electrons. The molecule has 0 bridgehead atoms. The zero-order valence-corrected chi connectivity index (χ0v) is 15.1. The van der Waals surface area contributed by atoms with Crippen molar-refractivity contribution in [2.24, 2.45) is 17.3 Å². The van der Waals surface area contributed by atoms with Gasteiger partial charge < -0.3 is 4.84 Å². The van der Waals surface area contributed by atoms with Crippen LogP contribution in [0.5, 0.6) is 0 Å². The van der Waals surface area contributed by atoms with Crippen molar-refractivity contribution in [1.82, 2.24) is 15.2 Å². The Hall–Kier alpha value is -2.24. The number of hydrogen-bond donors (Lipinski definition) is 0. The Balaban J connectivity index is 1.90. The predicted molar refractivity (Wildman–Crippen MR) is 93.6 cm³/mol. The third-order valence-electron chi connectivity index (χ3n) is 5.35. The maximum absolute atomic E-state index is 13.0. The molecule has 1 aliphatic carbocycles. The van der Waals surface area contributed by atoms with Crippen LogP contribution in [0.1, 0.15) is 52.9 Å². The zero-order valence-electron chi connectivity index (χ0n) is 15.1. The zero-order chi connectivity index (χ0) is 18.0. The van der Waals surface area contributed by atoms with Crippen LogP contribution in [0.25, 0.3) is 11.0 Å². The van der Waals surface area contributed by atoms with Gasteiger partial charge in [-0.05, 0) is 49.5 Å². The van der Waals surface area contributed by atoms with E-state index in [0.717, 1.165) is 25.7 Å². The van der Waals surface area contributed by atoms with Gasteiger partial charge in [0.1, 0.15) is 16.8 Å². The molecule has 3 rings (SSSR count). The summed E-state index contributed by atoms with van der Waals surface area (Å²) in [5.41, 5.74) is 0.706. The molecule has 1 atom stereocenters. The number of ketones is 1. The van der Waals surface area contributed by atoms with E-state index in [-0.39, 0.29) is 11.8 Å². The number of aromatic nitrogens is 3. The van der Waals surface area contributed by atoms with Gasteiger partial charge in [-0.3, -0.25) is 4.79 Å². The number of carbonyl (C=O) groups is 2. The van der Waals surface area contributed by atoms with Crippen molar-refractivity contribution in [3.05, 3.63) is 24.3 Å². The van der Waals surface area contributed by atoms with Crippen molar-refractivity contribution in [1.29, 1.82) is 0 Å². The van der Waals surface area contributed by atoms with Crippen molar-refractivity contribution in [3.8, 4) is 0 Å². The number of benzene rings is 1. The van der Waals surface area contributed by atoms with E-state index in [4.69, 9.17) is 4.84 Å². The standard InChI is InChI=1S/C19H25N3O3/c1-13(2)12-15(19(14(3)23)10-6-7-11-19)18(24)25-22-17-9-5-4-8-16(17)20-21-22/h4-5,8-9,13,15H,6-7,10-12H2,1-3H3/t15-/m0/s1. The summed E-state index contributed by atoms with van der Waals surface area (Å²) < 4.78 is 0. The lowest BCUT2D eigenvalue weighted by Crippen LogP contribution is -2.43. The van der Waals surface area contributed by atoms with Crippen molar-refractivity contribution in [2.75, 3.05) is 0 Å². The van der Waals surface area contributed by atoms with Crippen LogP contribution in [0.3, 0.4) is 0 Å². The Morgan fingerprint density at radius 1 is 1.24 bits per heavy atom. The van der Waals surface area contributed by atoms with Crippen molar-refractivity contribution >= 4 is 22.8 Å². The third kappa shape index (κ3) is 3.30. The van der Waals surface area contributed by atoms with Crippen molar-refractivity contribution in [2.45, 2.75) is 52.9 Å². The van der Waals surface area contributed by atoms with Crippen LogP contribution in [0.2, 0.25) is 0 Å². The number of hydrogen-bond acceptors (Lipinski definition) is 5. The molecule has 0 N–H and O–H groups in total. The van der Waals surface area contributed by atoms with E-state index in [1.165, 1.54) is 4.85 Å². The Labute approximate surface area is 147 Å². The smallest absolute Gasteiger partial charge is 0.317 e. The van der Waals surface area contributed by atoms with Gasteiger partial charge in [-0.15, -0.1) is 5.10 Å².